The monoisotopic (exact) mass is 790 g/mol. The lowest BCUT2D eigenvalue weighted by atomic mass is 9.94. The molecule has 9 rings (SSSR count). The van der Waals surface area contributed by atoms with E-state index in [4.69, 9.17) is 9.05 Å². The number of para-hydroxylation sites is 4. The Hall–Kier alpha value is -7.34. The van der Waals surface area contributed by atoms with Crippen LogP contribution in [0.4, 0.5) is 11.4 Å². The molecule has 0 amide bonds. The molecule has 0 bridgehead atoms. The molecule has 2 unspecified atom stereocenters. The average Bonchev–Trinajstić information content (AvgIpc) is 3.26. The molecule has 10 heteroatoms. The highest BCUT2D eigenvalue weighted by Gasteiger charge is 2.38. The van der Waals surface area contributed by atoms with Crippen LogP contribution in [0.15, 0.2) is 170 Å². The Bertz CT molecular complexity index is 2770. The van der Waals surface area contributed by atoms with Crippen molar-refractivity contribution < 1.29 is 18.2 Å². The van der Waals surface area contributed by atoms with Gasteiger partial charge in [0.15, 0.2) is 0 Å². The standard InChI is InChI=1S/C48H32N4O4P2/c49-31-33-20-24-35(25-21-33)45-29-39-12-8-18-43(47(39)51-57(45,53)55-41-14-3-1-4-15-41)37-10-7-11-38(28-37)44-19-9-13-40-30-46(36-26-22-34(32-50)23-27-36)58(54,52-48(40)44)56-42-16-5-2-6-17-42/h1-30H,(H,51,53)(H,52,54). The second kappa shape index (κ2) is 15.0. The third-order valence-corrected chi connectivity index (χ3v) is 14.0. The molecule has 8 nitrogen and oxygen atoms in total. The van der Waals surface area contributed by atoms with E-state index >= 15 is 9.13 Å². The minimum absolute atomic E-state index is 0.451. The molecule has 7 aromatic carbocycles. The maximum Gasteiger partial charge on any atom is 0.372 e. The van der Waals surface area contributed by atoms with E-state index in [1.807, 2.05) is 103 Å². The van der Waals surface area contributed by atoms with Crippen molar-refractivity contribution in [2.75, 3.05) is 10.2 Å². The van der Waals surface area contributed by atoms with Gasteiger partial charge in [-0.05, 0) is 100 Å². The third-order valence-electron chi connectivity index (χ3n) is 9.99. The summed E-state index contributed by atoms with van der Waals surface area (Å²) in [5, 5.41) is 26.5. The van der Waals surface area contributed by atoms with Crippen LogP contribution in [0.1, 0.15) is 33.4 Å². The van der Waals surface area contributed by atoms with Crippen molar-refractivity contribution in [2.24, 2.45) is 0 Å². The fraction of sp³-hybridized carbons (Fsp3) is 0. The molecule has 0 radical (unpaired) electrons. The Morgan fingerprint density at radius 1 is 0.431 bits per heavy atom. The fourth-order valence-corrected chi connectivity index (χ4v) is 11.2. The Morgan fingerprint density at radius 3 is 1.22 bits per heavy atom. The van der Waals surface area contributed by atoms with Gasteiger partial charge >= 0.3 is 15.0 Å². The van der Waals surface area contributed by atoms with Gasteiger partial charge in [-0.3, -0.25) is 0 Å². The molecule has 58 heavy (non-hydrogen) atoms. The van der Waals surface area contributed by atoms with Crippen LogP contribution in [-0.4, -0.2) is 0 Å². The quantitative estimate of drug-likeness (QED) is 0.146. The highest BCUT2D eigenvalue weighted by molar-refractivity contribution is 7.72. The molecule has 0 aliphatic carbocycles. The molecule has 0 spiro atoms. The van der Waals surface area contributed by atoms with Crippen LogP contribution in [0.5, 0.6) is 11.5 Å². The van der Waals surface area contributed by atoms with E-state index in [0.717, 1.165) is 33.4 Å². The highest BCUT2D eigenvalue weighted by Crippen LogP contribution is 2.65. The smallest absolute Gasteiger partial charge is 0.372 e. The van der Waals surface area contributed by atoms with Gasteiger partial charge in [-0.1, -0.05) is 115 Å². The van der Waals surface area contributed by atoms with Crippen LogP contribution in [0.3, 0.4) is 0 Å². The lowest BCUT2D eigenvalue weighted by Crippen LogP contribution is -2.12. The number of nitrogens with zero attached hydrogens (tertiary/aromatic N) is 2. The van der Waals surface area contributed by atoms with Crippen molar-refractivity contribution >= 4 is 49.2 Å². The summed E-state index contributed by atoms with van der Waals surface area (Å²) in [5.41, 5.74) is 8.63. The zero-order valence-corrected chi connectivity index (χ0v) is 32.5. The number of benzene rings is 7. The fourth-order valence-electron chi connectivity index (χ4n) is 7.19. The first kappa shape index (κ1) is 36.3. The van der Waals surface area contributed by atoms with Gasteiger partial charge in [0.05, 0.1) is 45.3 Å². The lowest BCUT2D eigenvalue weighted by molar-refractivity contribution is 0.497. The minimum atomic E-state index is -3.79. The summed E-state index contributed by atoms with van der Waals surface area (Å²) in [6.07, 6.45) is 3.79. The summed E-state index contributed by atoms with van der Waals surface area (Å²) in [6.45, 7) is 0. The first-order chi connectivity index (χ1) is 28.3. The molecule has 2 aliphatic heterocycles. The summed E-state index contributed by atoms with van der Waals surface area (Å²) >= 11 is 0. The summed E-state index contributed by atoms with van der Waals surface area (Å²) in [7, 11) is -7.57. The van der Waals surface area contributed by atoms with E-state index in [1.54, 1.807) is 72.8 Å². The largest absolute Gasteiger partial charge is 0.426 e. The molecule has 0 fully saturated rings. The van der Waals surface area contributed by atoms with Crippen molar-refractivity contribution in [1.82, 2.24) is 0 Å². The summed E-state index contributed by atoms with van der Waals surface area (Å²) in [4.78, 5) is 0. The van der Waals surface area contributed by atoms with Crippen molar-refractivity contribution in [3.05, 3.63) is 203 Å². The van der Waals surface area contributed by atoms with E-state index in [2.05, 4.69) is 28.4 Å². The molecule has 0 saturated carbocycles. The molecule has 2 heterocycles. The Morgan fingerprint density at radius 2 is 0.828 bits per heavy atom. The minimum Gasteiger partial charge on any atom is -0.426 e. The van der Waals surface area contributed by atoms with E-state index in [9.17, 15) is 10.5 Å². The first-order valence-corrected chi connectivity index (χ1v) is 21.7. The number of hydrogen-bond acceptors (Lipinski definition) is 6. The predicted molar refractivity (Wildman–Crippen MR) is 232 cm³/mol. The molecule has 0 aromatic heterocycles. The number of hydrogen-bond donors (Lipinski definition) is 2. The number of anilines is 2. The van der Waals surface area contributed by atoms with Gasteiger partial charge in [-0.25, -0.2) is 9.13 Å². The van der Waals surface area contributed by atoms with Gasteiger partial charge in [0.25, 0.3) is 0 Å². The molecule has 2 N–H and O–H groups in total. The Labute approximate surface area is 336 Å². The summed E-state index contributed by atoms with van der Waals surface area (Å²) < 4.78 is 42.9. The molecule has 0 saturated heterocycles. The van der Waals surface area contributed by atoms with E-state index in [-0.39, 0.29) is 0 Å². The molecule has 7 aromatic rings. The van der Waals surface area contributed by atoms with Gasteiger partial charge in [-0.2, -0.15) is 10.5 Å². The topological polar surface area (TPSA) is 124 Å². The Balaban J connectivity index is 1.14. The molecule has 278 valence electrons. The second-order valence-electron chi connectivity index (χ2n) is 13.7. The van der Waals surface area contributed by atoms with Crippen LogP contribution in [-0.2, 0) is 9.13 Å². The second-order valence-corrected chi connectivity index (χ2v) is 17.7. The van der Waals surface area contributed by atoms with Gasteiger partial charge in [-0.15, -0.1) is 0 Å². The van der Waals surface area contributed by atoms with Crippen molar-refractivity contribution in [2.45, 2.75) is 0 Å². The van der Waals surface area contributed by atoms with E-state index in [1.165, 1.54) is 0 Å². The lowest BCUT2D eigenvalue weighted by Gasteiger charge is -2.30. The third kappa shape index (κ3) is 6.89. The normalized spacial score (nSPS) is 17.7. The van der Waals surface area contributed by atoms with Crippen LogP contribution >= 0.6 is 15.0 Å². The van der Waals surface area contributed by atoms with E-state index < -0.39 is 15.0 Å². The number of nitriles is 2. The number of rotatable bonds is 8. The van der Waals surface area contributed by atoms with Crippen LogP contribution in [0.25, 0.3) is 45.0 Å². The SMILES string of the molecule is N#Cc1ccc(C2=Cc3cccc(-c4cccc(-c5cccc6c5NP(=O)(Oc5ccccc5)C(c5ccc(C#N)cc5)=C6)c4)c3NP2(=O)Oc2ccccc2)cc1. The van der Waals surface area contributed by atoms with Crippen LogP contribution in [0.2, 0.25) is 0 Å². The molecule has 2 aliphatic rings. The predicted octanol–water partition coefficient (Wildman–Crippen LogP) is 13.2. The maximum atomic E-state index is 15.1. The zero-order valence-electron chi connectivity index (χ0n) is 30.7. The van der Waals surface area contributed by atoms with Crippen molar-refractivity contribution in [3.63, 3.8) is 0 Å². The molecule has 2 atom stereocenters. The van der Waals surface area contributed by atoms with Crippen LogP contribution < -0.4 is 19.2 Å². The molecular weight excluding hydrogens is 758 g/mol. The zero-order chi connectivity index (χ0) is 39.7. The van der Waals surface area contributed by atoms with Gasteiger partial charge in [0.2, 0.25) is 0 Å². The maximum absolute atomic E-state index is 15.1. The van der Waals surface area contributed by atoms with Gasteiger partial charge in [0.1, 0.15) is 11.5 Å². The first-order valence-electron chi connectivity index (χ1n) is 18.4. The highest BCUT2D eigenvalue weighted by atomic mass is 31.2. The van der Waals surface area contributed by atoms with Gasteiger partial charge < -0.3 is 19.2 Å². The van der Waals surface area contributed by atoms with Crippen LogP contribution in [0, 0.1) is 22.7 Å². The average molecular weight is 791 g/mol. The van der Waals surface area contributed by atoms with Crippen molar-refractivity contribution in [1.29, 1.82) is 10.5 Å². The summed E-state index contributed by atoms with van der Waals surface area (Å²) in [6, 6.07) is 56.2. The number of nitrogens with one attached hydrogen (secondary N) is 2. The van der Waals surface area contributed by atoms with E-state index in [0.29, 0.717) is 55.8 Å². The summed E-state index contributed by atoms with van der Waals surface area (Å²) in [5.74, 6) is 0.902. The van der Waals surface area contributed by atoms with Crippen molar-refractivity contribution in [3.8, 4) is 45.9 Å². The number of fused-ring (bicyclic) bond motifs is 2. The Kier molecular flexibility index (Phi) is 9.36. The molecular formula is C48H32N4O4P2. The van der Waals surface area contributed by atoms with Gasteiger partial charge in [0, 0.05) is 11.1 Å².